The normalized spacial score (nSPS) is 14.2. The number of fused-ring (bicyclic) bond motifs is 1. The van der Waals surface area contributed by atoms with Crippen LogP contribution in [0, 0.1) is 0 Å². The summed E-state index contributed by atoms with van der Waals surface area (Å²) in [7, 11) is 1.60. The number of ether oxygens (including phenoxy) is 2. The van der Waals surface area contributed by atoms with Crippen LogP contribution in [0.5, 0.6) is 11.5 Å². The van der Waals surface area contributed by atoms with Crippen molar-refractivity contribution in [1.82, 2.24) is 5.32 Å². The van der Waals surface area contributed by atoms with Gasteiger partial charge in [-0.3, -0.25) is 9.59 Å². The van der Waals surface area contributed by atoms with E-state index in [0.717, 1.165) is 22.6 Å². The minimum atomic E-state index is -0.235. The van der Waals surface area contributed by atoms with Gasteiger partial charge in [-0.2, -0.15) is 0 Å². The van der Waals surface area contributed by atoms with Gasteiger partial charge in [0.25, 0.3) is 0 Å². The molecule has 0 aliphatic carbocycles. The lowest BCUT2D eigenvalue weighted by atomic mass is 10.1. The van der Waals surface area contributed by atoms with Crippen molar-refractivity contribution in [3.63, 3.8) is 0 Å². The molecule has 2 aromatic rings. The number of anilines is 1. The van der Waals surface area contributed by atoms with Crippen molar-refractivity contribution < 1.29 is 19.1 Å². The Morgan fingerprint density at radius 3 is 2.79 bits per heavy atom. The first-order valence-corrected chi connectivity index (χ1v) is 10.6. The summed E-state index contributed by atoms with van der Waals surface area (Å²) in [5.41, 5.74) is 1.69. The van der Waals surface area contributed by atoms with Gasteiger partial charge in [0.2, 0.25) is 11.8 Å². The molecule has 1 aliphatic heterocycles. The Labute approximate surface area is 175 Å². The molecule has 1 unspecified atom stereocenters. The molecule has 2 aromatic carbocycles. The van der Waals surface area contributed by atoms with Gasteiger partial charge in [0.15, 0.2) is 11.5 Å². The monoisotopic (exact) mass is 414 g/mol. The van der Waals surface area contributed by atoms with Gasteiger partial charge in [-0.05, 0) is 43.2 Å². The third-order valence-electron chi connectivity index (χ3n) is 4.64. The van der Waals surface area contributed by atoms with Crippen LogP contribution in [-0.2, 0) is 9.59 Å². The number of rotatable bonds is 8. The van der Waals surface area contributed by atoms with Crippen LogP contribution in [0.1, 0.15) is 31.9 Å². The molecule has 29 heavy (non-hydrogen) atoms. The molecule has 0 radical (unpaired) electrons. The van der Waals surface area contributed by atoms with Crippen LogP contribution in [0.3, 0.4) is 0 Å². The van der Waals surface area contributed by atoms with E-state index in [-0.39, 0.29) is 24.4 Å². The predicted molar refractivity (Wildman–Crippen MR) is 115 cm³/mol. The van der Waals surface area contributed by atoms with Crippen LogP contribution in [0.15, 0.2) is 47.4 Å². The molecule has 0 saturated heterocycles. The van der Waals surface area contributed by atoms with Gasteiger partial charge >= 0.3 is 0 Å². The molecule has 0 bridgehead atoms. The first-order valence-electron chi connectivity index (χ1n) is 9.65. The van der Waals surface area contributed by atoms with Crippen LogP contribution in [0.2, 0.25) is 0 Å². The number of amides is 2. The average Bonchev–Trinajstić information content (AvgIpc) is 2.74. The molecule has 154 valence electrons. The lowest BCUT2D eigenvalue weighted by molar-refractivity contribution is -0.123. The second-order valence-electron chi connectivity index (χ2n) is 6.78. The van der Waals surface area contributed by atoms with Crippen molar-refractivity contribution in [3.05, 3.63) is 48.0 Å². The molecule has 1 N–H and O–H groups in total. The smallest absolute Gasteiger partial charge is 0.240 e. The molecular formula is C22H26N2O4S. The molecule has 2 amide bonds. The van der Waals surface area contributed by atoms with Crippen LogP contribution >= 0.6 is 11.8 Å². The highest BCUT2D eigenvalue weighted by molar-refractivity contribution is 8.00. The lowest BCUT2D eigenvalue weighted by Crippen LogP contribution is -2.43. The minimum absolute atomic E-state index is 0.00439. The van der Waals surface area contributed by atoms with Gasteiger partial charge in [-0.1, -0.05) is 25.1 Å². The molecule has 6 nitrogen and oxygen atoms in total. The molecule has 1 heterocycles. The fourth-order valence-electron chi connectivity index (χ4n) is 3.13. The quantitative estimate of drug-likeness (QED) is 0.712. The van der Waals surface area contributed by atoms with Crippen molar-refractivity contribution in [3.8, 4) is 11.5 Å². The summed E-state index contributed by atoms with van der Waals surface area (Å²) in [6.45, 7) is 4.56. The van der Waals surface area contributed by atoms with Crippen molar-refractivity contribution in [2.75, 3.05) is 30.9 Å². The topological polar surface area (TPSA) is 67.9 Å². The number of hydrogen-bond donors (Lipinski definition) is 1. The zero-order chi connectivity index (χ0) is 20.8. The number of thioether (sulfide) groups is 1. The number of carbonyl (C=O) groups excluding carboxylic acids is 2. The highest BCUT2D eigenvalue weighted by Crippen LogP contribution is 2.35. The van der Waals surface area contributed by atoms with Gasteiger partial charge in [0, 0.05) is 4.90 Å². The first kappa shape index (κ1) is 21.0. The fraction of sp³-hybridized carbons (Fsp3) is 0.364. The van der Waals surface area contributed by atoms with E-state index in [1.54, 1.807) is 12.0 Å². The molecular weight excluding hydrogens is 388 g/mol. The predicted octanol–water partition coefficient (Wildman–Crippen LogP) is 3.80. The molecule has 3 rings (SSSR count). The average molecular weight is 415 g/mol. The Morgan fingerprint density at radius 1 is 1.24 bits per heavy atom. The van der Waals surface area contributed by atoms with E-state index in [9.17, 15) is 9.59 Å². The lowest BCUT2D eigenvalue weighted by Gasteiger charge is -2.29. The molecule has 1 aliphatic rings. The summed E-state index contributed by atoms with van der Waals surface area (Å²) < 4.78 is 11.1. The molecule has 0 aromatic heterocycles. The molecule has 0 fully saturated rings. The van der Waals surface area contributed by atoms with Gasteiger partial charge < -0.3 is 19.7 Å². The third kappa shape index (κ3) is 5.03. The van der Waals surface area contributed by atoms with Crippen molar-refractivity contribution in [1.29, 1.82) is 0 Å². The Bertz CT molecular complexity index is 887. The van der Waals surface area contributed by atoms with Crippen LogP contribution in [0.4, 0.5) is 5.69 Å². The van der Waals surface area contributed by atoms with Gasteiger partial charge in [-0.25, -0.2) is 0 Å². The second kappa shape index (κ2) is 9.69. The van der Waals surface area contributed by atoms with Crippen molar-refractivity contribution >= 4 is 29.3 Å². The number of para-hydroxylation sites is 1. The zero-order valence-electron chi connectivity index (χ0n) is 16.9. The largest absolute Gasteiger partial charge is 0.493 e. The summed E-state index contributed by atoms with van der Waals surface area (Å²) in [4.78, 5) is 27.6. The van der Waals surface area contributed by atoms with E-state index in [1.165, 1.54) is 11.8 Å². The van der Waals surface area contributed by atoms with Crippen molar-refractivity contribution in [2.45, 2.75) is 31.2 Å². The van der Waals surface area contributed by atoms with Crippen LogP contribution in [-0.4, -0.2) is 37.8 Å². The number of benzene rings is 2. The Kier molecular flexibility index (Phi) is 7.04. The first-order chi connectivity index (χ1) is 14.0. The van der Waals surface area contributed by atoms with E-state index in [2.05, 4.69) is 5.32 Å². The maximum Gasteiger partial charge on any atom is 0.240 e. The second-order valence-corrected chi connectivity index (χ2v) is 7.80. The maximum atomic E-state index is 12.6. The molecule has 0 spiro atoms. The standard InChI is InChI=1S/C22H26N2O4S/c1-4-11-28-18-10-9-16(12-19(18)27-3)15(2)23-21(25)13-24-17-7-5-6-8-20(17)29-14-22(24)26/h5-10,12,15H,4,11,13-14H2,1-3H3,(H,23,25). The number of carbonyl (C=O) groups is 2. The summed E-state index contributed by atoms with van der Waals surface area (Å²) in [6.07, 6.45) is 0.911. The van der Waals surface area contributed by atoms with Crippen LogP contribution < -0.4 is 19.7 Å². The van der Waals surface area contributed by atoms with Gasteiger partial charge in [-0.15, -0.1) is 11.8 Å². The summed E-state index contributed by atoms with van der Waals surface area (Å²) in [5, 5.41) is 2.97. The number of methoxy groups -OCH3 is 1. The Hall–Kier alpha value is -2.67. The SMILES string of the molecule is CCCOc1ccc(C(C)NC(=O)CN2C(=O)CSc3ccccc32)cc1OC. The highest BCUT2D eigenvalue weighted by Gasteiger charge is 2.26. The van der Waals surface area contributed by atoms with E-state index in [4.69, 9.17) is 9.47 Å². The van der Waals surface area contributed by atoms with Crippen LogP contribution in [0.25, 0.3) is 0 Å². The Balaban J connectivity index is 1.67. The number of hydrogen-bond acceptors (Lipinski definition) is 5. The fourth-order valence-corrected chi connectivity index (χ4v) is 4.06. The number of nitrogens with zero attached hydrogens (tertiary/aromatic N) is 1. The summed E-state index contributed by atoms with van der Waals surface area (Å²) >= 11 is 1.50. The van der Waals surface area contributed by atoms with E-state index in [1.807, 2.05) is 56.3 Å². The highest BCUT2D eigenvalue weighted by atomic mass is 32.2. The zero-order valence-corrected chi connectivity index (χ0v) is 17.8. The maximum absolute atomic E-state index is 12.6. The van der Waals surface area contributed by atoms with E-state index < -0.39 is 0 Å². The summed E-state index contributed by atoms with van der Waals surface area (Å²) in [6, 6.07) is 13.0. The Morgan fingerprint density at radius 2 is 2.03 bits per heavy atom. The molecule has 1 atom stereocenters. The molecule has 0 saturated carbocycles. The summed E-state index contributed by atoms with van der Waals surface area (Å²) in [5.74, 6) is 1.39. The van der Waals surface area contributed by atoms with Gasteiger partial charge in [0.05, 0.1) is 31.2 Å². The third-order valence-corrected chi connectivity index (χ3v) is 5.68. The minimum Gasteiger partial charge on any atom is -0.493 e. The van der Waals surface area contributed by atoms with Crippen molar-refractivity contribution in [2.24, 2.45) is 0 Å². The molecule has 7 heteroatoms. The van der Waals surface area contributed by atoms with E-state index >= 15 is 0 Å². The van der Waals surface area contributed by atoms with Gasteiger partial charge in [0.1, 0.15) is 6.54 Å². The van der Waals surface area contributed by atoms with E-state index in [0.29, 0.717) is 23.9 Å². The number of nitrogens with one attached hydrogen (secondary N) is 1.